The summed E-state index contributed by atoms with van der Waals surface area (Å²) >= 11 is 0. The van der Waals surface area contributed by atoms with Crippen LogP contribution in [0.1, 0.15) is 38.7 Å². The molecule has 1 N–H and O–H groups in total. The summed E-state index contributed by atoms with van der Waals surface area (Å²) in [5.74, 6) is -0.143. The number of rotatable bonds is 6. The number of esters is 2. The van der Waals surface area contributed by atoms with Crippen molar-refractivity contribution in [1.29, 1.82) is 0 Å². The van der Waals surface area contributed by atoms with Crippen LogP contribution in [0.2, 0.25) is 0 Å². The van der Waals surface area contributed by atoms with Crippen molar-refractivity contribution in [1.82, 2.24) is 0 Å². The lowest BCUT2D eigenvalue weighted by molar-refractivity contribution is -0.155. The van der Waals surface area contributed by atoms with Crippen LogP contribution in [0.3, 0.4) is 0 Å². The van der Waals surface area contributed by atoms with E-state index >= 15 is 0 Å². The van der Waals surface area contributed by atoms with Crippen LogP contribution in [0.15, 0.2) is 30.3 Å². The van der Waals surface area contributed by atoms with Crippen LogP contribution in [0.4, 0.5) is 0 Å². The summed E-state index contributed by atoms with van der Waals surface area (Å²) in [6.07, 6.45) is 2.33. The SMILES string of the molecule is CC(C)C(=O)OCO.O=C1CCC(COCc2ccccc2)CCO1. The van der Waals surface area contributed by atoms with Crippen molar-refractivity contribution < 1.29 is 28.9 Å². The first-order chi connectivity index (χ1) is 12.0. The van der Waals surface area contributed by atoms with Crippen molar-refractivity contribution in [2.24, 2.45) is 11.8 Å². The fourth-order valence-corrected chi connectivity index (χ4v) is 2.19. The molecule has 1 saturated heterocycles. The van der Waals surface area contributed by atoms with Gasteiger partial charge < -0.3 is 19.3 Å². The predicted octanol–water partition coefficient (Wildman–Crippen LogP) is 2.68. The minimum absolute atomic E-state index is 0.0736. The van der Waals surface area contributed by atoms with Crippen LogP contribution in [0.5, 0.6) is 0 Å². The average Bonchev–Trinajstić information content (AvgIpc) is 2.81. The number of ether oxygens (including phenoxy) is 3. The second-order valence-electron chi connectivity index (χ2n) is 6.16. The van der Waals surface area contributed by atoms with E-state index in [2.05, 4.69) is 16.9 Å². The van der Waals surface area contributed by atoms with Gasteiger partial charge in [-0.25, -0.2) is 0 Å². The second-order valence-corrected chi connectivity index (χ2v) is 6.16. The molecule has 0 amide bonds. The number of aliphatic hydroxyl groups excluding tert-OH is 1. The van der Waals surface area contributed by atoms with Crippen molar-refractivity contribution in [3.05, 3.63) is 35.9 Å². The van der Waals surface area contributed by atoms with E-state index in [1.54, 1.807) is 13.8 Å². The normalized spacial score (nSPS) is 17.1. The minimum Gasteiger partial charge on any atom is -0.466 e. The van der Waals surface area contributed by atoms with Crippen LogP contribution in [0.25, 0.3) is 0 Å². The minimum atomic E-state index is -0.517. The number of hydrogen-bond donors (Lipinski definition) is 1. The van der Waals surface area contributed by atoms with E-state index in [4.69, 9.17) is 14.6 Å². The fraction of sp³-hybridized carbons (Fsp3) is 0.579. The molecule has 1 heterocycles. The summed E-state index contributed by atoms with van der Waals surface area (Å²) < 4.78 is 14.9. The maximum absolute atomic E-state index is 11.1. The van der Waals surface area contributed by atoms with Crippen molar-refractivity contribution in [2.45, 2.75) is 39.7 Å². The Hall–Kier alpha value is -1.92. The van der Waals surface area contributed by atoms with Crippen molar-refractivity contribution in [3.63, 3.8) is 0 Å². The van der Waals surface area contributed by atoms with Crippen molar-refractivity contribution >= 4 is 11.9 Å². The third-order valence-electron chi connectivity index (χ3n) is 3.69. The van der Waals surface area contributed by atoms with Gasteiger partial charge in [-0.3, -0.25) is 9.59 Å². The summed E-state index contributed by atoms with van der Waals surface area (Å²) in [5, 5.41) is 8.04. The average molecular weight is 352 g/mol. The quantitative estimate of drug-likeness (QED) is 0.626. The molecule has 0 bridgehead atoms. The first kappa shape index (κ1) is 21.1. The Morgan fingerprint density at radius 1 is 1.28 bits per heavy atom. The van der Waals surface area contributed by atoms with Gasteiger partial charge in [-0.2, -0.15) is 0 Å². The molecule has 140 valence electrons. The zero-order valence-electron chi connectivity index (χ0n) is 15.0. The maximum Gasteiger partial charge on any atom is 0.310 e. The number of cyclic esters (lactones) is 1. The molecule has 25 heavy (non-hydrogen) atoms. The summed E-state index contributed by atoms with van der Waals surface area (Å²) in [6.45, 7) is 4.79. The summed E-state index contributed by atoms with van der Waals surface area (Å²) in [7, 11) is 0. The Morgan fingerprint density at radius 2 is 2.00 bits per heavy atom. The first-order valence-electron chi connectivity index (χ1n) is 8.57. The topological polar surface area (TPSA) is 82.1 Å². The summed E-state index contributed by atoms with van der Waals surface area (Å²) in [4.78, 5) is 21.4. The van der Waals surface area contributed by atoms with Gasteiger partial charge in [0.15, 0.2) is 6.79 Å². The molecule has 0 aromatic heterocycles. The second kappa shape index (κ2) is 12.4. The lowest BCUT2D eigenvalue weighted by atomic mass is 10.0. The molecule has 0 spiro atoms. The van der Waals surface area contributed by atoms with Gasteiger partial charge in [-0.15, -0.1) is 0 Å². The fourth-order valence-electron chi connectivity index (χ4n) is 2.19. The molecular formula is C19H28O6. The van der Waals surface area contributed by atoms with Gasteiger partial charge in [0, 0.05) is 13.0 Å². The van der Waals surface area contributed by atoms with E-state index in [0.29, 0.717) is 32.2 Å². The molecule has 1 unspecified atom stereocenters. The van der Waals surface area contributed by atoms with E-state index in [-0.39, 0.29) is 17.9 Å². The van der Waals surface area contributed by atoms with E-state index in [0.717, 1.165) is 12.8 Å². The highest BCUT2D eigenvalue weighted by molar-refractivity contribution is 5.71. The van der Waals surface area contributed by atoms with Gasteiger partial charge in [0.25, 0.3) is 0 Å². The van der Waals surface area contributed by atoms with Gasteiger partial charge in [0.2, 0.25) is 0 Å². The van der Waals surface area contributed by atoms with Crippen LogP contribution in [-0.2, 0) is 30.4 Å². The molecule has 0 radical (unpaired) electrons. The van der Waals surface area contributed by atoms with E-state index in [9.17, 15) is 9.59 Å². The van der Waals surface area contributed by atoms with E-state index < -0.39 is 6.79 Å². The van der Waals surface area contributed by atoms with Crippen LogP contribution >= 0.6 is 0 Å². The van der Waals surface area contributed by atoms with Gasteiger partial charge in [0.05, 0.1) is 19.1 Å². The molecule has 1 fully saturated rings. The summed E-state index contributed by atoms with van der Waals surface area (Å²) in [6, 6.07) is 10.1. The standard InChI is InChI=1S/C14H18O3.C5H10O3/c15-14-7-6-13(8-9-17-14)11-16-10-12-4-2-1-3-5-12;1-4(2)5(7)8-3-6/h1-5,13H,6-11H2;4,6H,3H2,1-2H3. The number of aliphatic hydroxyl groups is 1. The highest BCUT2D eigenvalue weighted by Crippen LogP contribution is 2.17. The Labute approximate surface area is 149 Å². The van der Waals surface area contributed by atoms with Crippen LogP contribution in [0, 0.1) is 11.8 Å². The Bertz CT molecular complexity index is 500. The summed E-state index contributed by atoms with van der Waals surface area (Å²) in [5.41, 5.74) is 1.19. The highest BCUT2D eigenvalue weighted by Gasteiger charge is 2.17. The molecule has 0 aliphatic carbocycles. The molecule has 2 rings (SSSR count). The predicted molar refractivity (Wildman–Crippen MR) is 92.4 cm³/mol. The molecule has 1 aromatic rings. The highest BCUT2D eigenvalue weighted by atomic mass is 16.6. The van der Waals surface area contributed by atoms with Gasteiger partial charge in [-0.05, 0) is 24.3 Å². The molecule has 6 heteroatoms. The molecule has 1 aliphatic heterocycles. The lowest BCUT2D eigenvalue weighted by Gasteiger charge is -2.12. The third kappa shape index (κ3) is 9.84. The first-order valence-corrected chi connectivity index (χ1v) is 8.57. The van der Waals surface area contributed by atoms with Crippen LogP contribution < -0.4 is 0 Å². The Balaban J connectivity index is 0.000000333. The molecule has 1 aromatic carbocycles. The van der Waals surface area contributed by atoms with Crippen LogP contribution in [-0.4, -0.2) is 37.1 Å². The number of carbonyl (C=O) groups excluding carboxylic acids is 2. The third-order valence-corrected chi connectivity index (χ3v) is 3.69. The maximum atomic E-state index is 11.1. The van der Waals surface area contributed by atoms with Crippen molar-refractivity contribution in [2.75, 3.05) is 20.0 Å². The molecule has 6 nitrogen and oxygen atoms in total. The Morgan fingerprint density at radius 3 is 2.60 bits per heavy atom. The lowest BCUT2D eigenvalue weighted by Crippen LogP contribution is -2.11. The zero-order chi connectivity index (χ0) is 18.5. The zero-order valence-corrected chi connectivity index (χ0v) is 15.0. The van der Waals surface area contributed by atoms with Gasteiger partial charge in [-0.1, -0.05) is 44.2 Å². The van der Waals surface area contributed by atoms with Crippen molar-refractivity contribution in [3.8, 4) is 0 Å². The molecular weight excluding hydrogens is 324 g/mol. The number of carbonyl (C=O) groups is 2. The molecule has 0 saturated carbocycles. The van der Waals surface area contributed by atoms with E-state index in [1.165, 1.54) is 5.56 Å². The monoisotopic (exact) mass is 352 g/mol. The smallest absolute Gasteiger partial charge is 0.310 e. The molecule has 1 atom stereocenters. The number of hydrogen-bond acceptors (Lipinski definition) is 6. The largest absolute Gasteiger partial charge is 0.466 e. The van der Waals surface area contributed by atoms with Gasteiger partial charge in [0.1, 0.15) is 0 Å². The van der Waals surface area contributed by atoms with Gasteiger partial charge >= 0.3 is 11.9 Å². The van der Waals surface area contributed by atoms with E-state index in [1.807, 2.05) is 18.2 Å². The number of benzene rings is 1. The Kier molecular flexibility index (Phi) is 10.5. The molecule has 1 aliphatic rings.